The van der Waals surface area contributed by atoms with Crippen LogP contribution in [0.3, 0.4) is 0 Å². The van der Waals surface area contributed by atoms with Crippen LogP contribution in [0.1, 0.15) is 31.4 Å². The molecule has 0 atom stereocenters. The van der Waals surface area contributed by atoms with Gasteiger partial charge in [0.05, 0.1) is 9.93 Å². The average molecular weight is 454 g/mol. The van der Waals surface area contributed by atoms with Crippen LogP contribution in [0, 0.1) is 5.82 Å². The minimum atomic E-state index is -0.823. The maximum absolute atomic E-state index is 13.5. The van der Waals surface area contributed by atoms with E-state index in [1.165, 1.54) is 34.9 Å². The second-order valence-corrected chi connectivity index (χ2v) is 8.45. The van der Waals surface area contributed by atoms with Crippen LogP contribution in [-0.4, -0.2) is 32.7 Å². The van der Waals surface area contributed by atoms with Crippen molar-refractivity contribution in [3.8, 4) is 11.3 Å². The molecule has 0 radical (unpaired) electrons. The Morgan fingerprint density at radius 1 is 1.28 bits per heavy atom. The normalized spacial score (nSPS) is 15.5. The highest BCUT2D eigenvalue weighted by atomic mass is 35.5. The van der Waals surface area contributed by atoms with E-state index in [-0.39, 0.29) is 12.3 Å². The molecule has 0 bridgehead atoms. The Morgan fingerprint density at radius 3 is 2.83 bits per heavy atom. The van der Waals surface area contributed by atoms with Crippen LogP contribution in [0.2, 0.25) is 5.02 Å². The lowest BCUT2D eigenvalue weighted by Gasteiger charge is -2.13. The van der Waals surface area contributed by atoms with Crippen molar-refractivity contribution in [2.45, 2.75) is 25.7 Å². The largest absolute Gasteiger partial charge is 0.481 e. The van der Waals surface area contributed by atoms with Gasteiger partial charge in [0.1, 0.15) is 21.7 Å². The van der Waals surface area contributed by atoms with E-state index in [1.807, 2.05) is 0 Å². The van der Waals surface area contributed by atoms with Crippen molar-refractivity contribution in [1.82, 2.24) is 4.90 Å². The first-order valence-electron chi connectivity index (χ1n) is 8.87. The van der Waals surface area contributed by atoms with Crippen LogP contribution >= 0.6 is 35.6 Å². The molecule has 1 aromatic heterocycles. The zero-order chi connectivity index (χ0) is 21.0. The summed E-state index contributed by atoms with van der Waals surface area (Å²) in [5.74, 6) is -0.626. The van der Waals surface area contributed by atoms with Gasteiger partial charge in [-0.05, 0) is 43.2 Å². The van der Waals surface area contributed by atoms with Crippen molar-refractivity contribution in [2.75, 3.05) is 6.54 Å². The second-order valence-electron chi connectivity index (χ2n) is 6.36. The number of hydrogen-bond acceptors (Lipinski definition) is 5. The molecule has 0 spiro atoms. The van der Waals surface area contributed by atoms with Crippen LogP contribution < -0.4 is 0 Å². The first kappa shape index (κ1) is 21.5. The molecule has 1 N–H and O–H groups in total. The minimum Gasteiger partial charge on any atom is -0.481 e. The molecule has 3 rings (SSSR count). The molecule has 1 saturated heterocycles. The summed E-state index contributed by atoms with van der Waals surface area (Å²) in [4.78, 5) is 25.1. The quantitative estimate of drug-likeness (QED) is 0.319. The van der Waals surface area contributed by atoms with E-state index in [2.05, 4.69) is 0 Å². The third kappa shape index (κ3) is 5.46. The van der Waals surface area contributed by atoms with Crippen LogP contribution in [0.15, 0.2) is 39.7 Å². The minimum absolute atomic E-state index is 0.119. The van der Waals surface area contributed by atoms with Gasteiger partial charge in [-0.15, -0.1) is 0 Å². The lowest BCUT2D eigenvalue weighted by molar-refractivity contribution is -0.137. The Bertz CT molecular complexity index is 989. The van der Waals surface area contributed by atoms with E-state index in [1.54, 1.807) is 18.2 Å². The van der Waals surface area contributed by atoms with Gasteiger partial charge in [0.15, 0.2) is 0 Å². The van der Waals surface area contributed by atoms with Gasteiger partial charge >= 0.3 is 5.97 Å². The van der Waals surface area contributed by atoms with E-state index in [0.717, 1.165) is 0 Å². The number of carboxylic acids is 1. The van der Waals surface area contributed by atoms with Crippen molar-refractivity contribution in [2.24, 2.45) is 0 Å². The van der Waals surface area contributed by atoms with Gasteiger partial charge in [0, 0.05) is 24.6 Å². The van der Waals surface area contributed by atoms with Crippen molar-refractivity contribution in [3.63, 3.8) is 0 Å². The number of halogens is 2. The van der Waals surface area contributed by atoms with Gasteiger partial charge in [-0.25, -0.2) is 4.39 Å². The molecular weight excluding hydrogens is 437 g/mol. The van der Waals surface area contributed by atoms with E-state index in [0.29, 0.717) is 57.1 Å². The smallest absolute Gasteiger partial charge is 0.303 e. The van der Waals surface area contributed by atoms with E-state index in [9.17, 15) is 14.0 Å². The first-order valence-corrected chi connectivity index (χ1v) is 10.5. The maximum atomic E-state index is 13.5. The van der Waals surface area contributed by atoms with Crippen LogP contribution in [0.5, 0.6) is 0 Å². The SMILES string of the molecule is O=C(O)CCCCCN1C(=O)C(=Cc2ccc(-c3cc(F)ccc3Cl)o2)SC1=S. The van der Waals surface area contributed by atoms with Crippen molar-refractivity contribution >= 4 is 57.9 Å². The molecule has 2 heterocycles. The average Bonchev–Trinajstić information content (AvgIpc) is 3.23. The third-order valence-corrected chi connectivity index (χ3v) is 5.95. The lowest BCUT2D eigenvalue weighted by atomic mass is 10.2. The Labute approximate surface area is 181 Å². The molecule has 1 aliphatic rings. The first-order chi connectivity index (χ1) is 13.8. The molecule has 0 saturated carbocycles. The number of amides is 1. The predicted octanol–water partition coefficient (Wildman–Crippen LogP) is 5.59. The number of benzene rings is 1. The Hall–Kier alpha value is -2.16. The van der Waals surface area contributed by atoms with E-state index < -0.39 is 11.8 Å². The fourth-order valence-electron chi connectivity index (χ4n) is 2.81. The van der Waals surface area contributed by atoms with E-state index in [4.69, 9.17) is 33.3 Å². The van der Waals surface area contributed by atoms with Gasteiger partial charge in [-0.2, -0.15) is 0 Å². The molecule has 5 nitrogen and oxygen atoms in total. The molecule has 1 amide bonds. The molecular formula is C20H17ClFNO4S2. The number of carbonyl (C=O) groups excluding carboxylic acids is 1. The lowest BCUT2D eigenvalue weighted by Crippen LogP contribution is -2.29. The van der Waals surface area contributed by atoms with Crippen LogP contribution in [0.4, 0.5) is 4.39 Å². The van der Waals surface area contributed by atoms with E-state index >= 15 is 0 Å². The highest BCUT2D eigenvalue weighted by molar-refractivity contribution is 8.26. The summed E-state index contributed by atoms with van der Waals surface area (Å²) >= 11 is 12.6. The second kappa shape index (κ2) is 9.56. The number of unbranched alkanes of at least 4 members (excludes halogenated alkanes) is 2. The Kier molecular flexibility index (Phi) is 7.10. The maximum Gasteiger partial charge on any atom is 0.303 e. The van der Waals surface area contributed by atoms with Gasteiger partial charge in [-0.3, -0.25) is 14.5 Å². The highest BCUT2D eigenvalue weighted by Crippen LogP contribution is 2.35. The molecule has 29 heavy (non-hydrogen) atoms. The number of carboxylic acid groups (broad SMARTS) is 1. The zero-order valence-corrected chi connectivity index (χ0v) is 17.6. The number of furan rings is 1. The van der Waals surface area contributed by atoms with Gasteiger partial charge < -0.3 is 9.52 Å². The molecule has 9 heteroatoms. The number of thioether (sulfide) groups is 1. The van der Waals surface area contributed by atoms with Crippen molar-refractivity contribution in [3.05, 3.63) is 51.8 Å². The number of rotatable bonds is 8. The number of thiocarbonyl (C=S) groups is 1. The Balaban J connectivity index is 1.66. The van der Waals surface area contributed by atoms with Gasteiger partial charge in [-0.1, -0.05) is 42.0 Å². The Morgan fingerprint density at radius 2 is 2.07 bits per heavy atom. The van der Waals surface area contributed by atoms with Gasteiger partial charge in [0.25, 0.3) is 5.91 Å². The fourth-order valence-corrected chi connectivity index (χ4v) is 4.31. The summed E-state index contributed by atoms with van der Waals surface area (Å²) in [7, 11) is 0. The fraction of sp³-hybridized carbons (Fsp3) is 0.250. The summed E-state index contributed by atoms with van der Waals surface area (Å²) in [6.07, 6.45) is 3.67. The molecule has 0 unspecified atom stereocenters. The van der Waals surface area contributed by atoms with Gasteiger partial charge in [0.2, 0.25) is 0 Å². The number of aliphatic carboxylic acids is 1. The number of carbonyl (C=O) groups is 2. The topological polar surface area (TPSA) is 70.8 Å². The van der Waals surface area contributed by atoms with Crippen molar-refractivity contribution in [1.29, 1.82) is 0 Å². The predicted molar refractivity (Wildman–Crippen MR) is 115 cm³/mol. The molecule has 1 aromatic carbocycles. The molecule has 1 fully saturated rings. The standard InChI is InChI=1S/C20H17ClFNO4S2/c21-15-7-5-12(22)10-14(15)16-8-6-13(27-16)11-17-19(26)23(20(28)29-17)9-3-1-2-4-18(24)25/h5-8,10-11H,1-4,9H2,(H,24,25). The molecule has 2 aromatic rings. The summed E-state index contributed by atoms with van der Waals surface area (Å²) in [5.41, 5.74) is 0.431. The summed E-state index contributed by atoms with van der Waals surface area (Å²) in [5, 5.41) is 9.02. The van der Waals surface area contributed by atoms with Crippen LogP contribution in [0.25, 0.3) is 17.4 Å². The summed E-state index contributed by atoms with van der Waals surface area (Å²) in [6.45, 7) is 0.448. The molecule has 152 valence electrons. The summed E-state index contributed by atoms with van der Waals surface area (Å²) < 4.78 is 19.7. The molecule has 1 aliphatic heterocycles. The highest BCUT2D eigenvalue weighted by Gasteiger charge is 2.31. The van der Waals surface area contributed by atoms with Crippen LogP contribution in [-0.2, 0) is 9.59 Å². The molecule has 0 aliphatic carbocycles. The monoisotopic (exact) mass is 453 g/mol. The number of hydrogen-bond donors (Lipinski definition) is 1. The summed E-state index contributed by atoms with van der Waals surface area (Å²) in [6, 6.07) is 7.35. The van der Waals surface area contributed by atoms with Crippen molar-refractivity contribution < 1.29 is 23.5 Å². The third-order valence-electron chi connectivity index (χ3n) is 4.24. The zero-order valence-electron chi connectivity index (χ0n) is 15.2. The number of nitrogens with zero attached hydrogens (tertiary/aromatic N) is 1.